The second-order valence-corrected chi connectivity index (χ2v) is 6.02. The van der Waals surface area contributed by atoms with Crippen molar-refractivity contribution in [3.63, 3.8) is 0 Å². The average molecular weight is 378 g/mol. The number of hydrogen-bond acceptors (Lipinski definition) is 4. The maximum absolute atomic E-state index is 12.2. The Bertz CT molecular complexity index is 481. The average Bonchev–Trinajstić information content (AvgIpc) is 2.54. The van der Waals surface area contributed by atoms with Gasteiger partial charge in [-0.1, -0.05) is 18.2 Å². The summed E-state index contributed by atoms with van der Waals surface area (Å²) in [6.07, 6.45) is 2.04. The van der Waals surface area contributed by atoms with Crippen LogP contribution in [0.15, 0.2) is 24.3 Å². The highest BCUT2D eigenvalue weighted by Crippen LogP contribution is 2.18. The van der Waals surface area contributed by atoms with E-state index in [-0.39, 0.29) is 36.6 Å². The summed E-state index contributed by atoms with van der Waals surface area (Å²) < 4.78 is 5.82. The molecule has 7 heteroatoms. The van der Waals surface area contributed by atoms with Crippen LogP contribution in [0.5, 0.6) is 5.75 Å². The second kappa shape index (κ2) is 12.4. The summed E-state index contributed by atoms with van der Waals surface area (Å²) in [6.45, 7) is 3.84. The number of benzene rings is 1. The highest BCUT2D eigenvalue weighted by molar-refractivity contribution is 5.85. The molecule has 0 saturated carbocycles. The number of amides is 1. The molecule has 1 amide bonds. The van der Waals surface area contributed by atoms with Gasteiger partial charge >= 0.3 is 0 Å². The van der Waals surface area contributed by atoms with Crippen LogP contribution in [0.1, 0.15) is 18.4 Å². The summed E-state index contributed by atoms with van der Waals surface area (Å²) >= 11 is 0. The van der Waals surface area contributed by atoms with Crippen LogP contribution in [0, 0.1) is 5.92 Å². The predicted octanol–water partition coefficient (Wildman–Crippen LogP) is 2.09. The van der Waals surface area contributed by atoms with E-state index in [2.05, 4.69) is 15.5 Å². The Labute approximate surface area is 157 Å². The Morgan fingerprint density at radius 1 is 1.33 bits per heavy atom. The van der Waals surface area contributed by atoms with Gasteiger partial charge in [-0.05, 0) is 39.5 Å². The number of hydrogen-bond donors (Lipinski definition) is 2. The maximum Gasteiger partial charge on any atom is 0.224 e. The molecule has 1 fully saturated rings. The zero-order valence-corrected chi connectivity index (χ0v) is 16.0. The van der Waals surface area contributed by atoms with E-state index in [9.17, 15) is 4.79 Å². The summed E-state index contributed by atoms with van der Waals surface area (Å²) in [5.41, 5.74) is 1.03. The van der Waals surface area contributed by atoms with Crippen molar-refractivity contribution in [1.82, 2.24) is 15.5 Å². The SMILES string of the molecule is CN(C)CCOc1ccccc1CNC(=O)C1CCCNC1.Cl.Cl. The first-order valence-corrected chi connectivity index (χ1v) is 8.00. The van der Waals surface area contributed by atoms with Gasteiger partial charge in [-0.25, -0.2) is 0 Å². The van der Waals surface area contributed by atoms with E-state index in [4.69, 9.17) is 4.74 Å². The molecular weight excluding hydrogens is 349 g/mol. The lowest BCUT2D eigenvalue weighted by atomic mass is 9.99. The van der Waals surface area contributed by atoms with Gasteiger partial charge in [-0.3, -0.25) is 4.79 Å². The van der Waals surface area contributed by atoms with Crippen LogP contribution in [0.2, 0.25) is 0 Å². The second-order valence-electron chi connectivity index (χ2n) is 6.02. The molecule has 0 bridgehead atoms. The van der Waals surface area contributed by atoms with Gasteiger partial charge in [-0.2, -0.15) is 0 Å². The minimum Gasteiger partial charge on any atom is -0.492 e. The molecule has 1 aliphatic rings. The fraction of sp³-hybridized carbons (Fsp3) is 0.588. The van der Waals surface area contributed by atoms with Crippen molar-refractivity contribution in [1.29, 1.82) is 0 Å². The van der Waals surface area contributed by atoms with Crippen LogP contribution in [0.4, 0.5) is 0 Å². The molecule has 2 N–H and O–H groups in total. The van der Waals surface area contributed by atoms with Crippen molar-refractivity contribution < 1.29 is 9.53 Å². The molecule has 1 heterocycles. The molecule has 138 valence electrons. The number of rotatable bonds is 7. The summed E-state index contributed by atoms with van der Waals surface area (Å²) in [5, 5.41) is 6.31. The number of nitrogens with one attached hydrogen (secondary N) is 2. The minimum atomic E-state index is 0. The topological polar surface area (TPSA) is 53.6 Å². The number of para-hydroxylation sites is 1. The van der Waals surface area contributed by atoms with Crippen molar-refractivity contribution >= 4 is 30.7 Å². The van der Waals surface area contributed by atoms with E-state index in [0.29, 0.717) is 13.2 Å². The Morgan fingerprint density at radius 3 is 2.75 bits per heavy atom. The third-order valence-electron chi connectivity index (χ3n) is 3.89. The van der Waals surface area contributed by atoms with Crippen LogP contribution in [0.25, 0.3) is 0 Å². The van der Waals surface area contributed by atoms with Crippen LogP contribution < -0.4 is 15.4 Å². The molecule has 1 aliphatic heterocycles. The molecule has 1 aromatic rings. The summed E-state index contributed by atoms with van der Waals surface area (Å²) in [6, 6.07) is 7.90. The first-order valence-electron chi connectivity index (χ1n) is 8.00. The number of carbonyl (C=O) groups is 1. The molecule has 2 rings (SSSR count). The first kappa shape index (κ1) is 23.0. The van der Waals surface area contributed by atoms with Crippen molar-refractivity contribution in [2.24, 2.45) is 5.92 Å². The molecule has 24 heavy (non-hydrogen) atoms. The highest BCUT2D eigenvalue weighted by atomic mass is 35.5. The maximum atomic E-state index is 12.2. The van der Waals surface area contributed by atoms with Crippen LogP contribution in [-0.4, -0.2) is 51.1 Å². The normalized spacial score (nSPS) is 16.7. The van der Waals surface area contributed by atoms with Crippen molar-refractivity contribution in [2.45, 2.75) is 19.4 Å². The molecular formula is C17H29Cl2N3O2. The van der Waals surface area contributed by atoms with Crippen LogP contribution in [-0.2, 0) is 11.3 Å². The Balaban J connectivity index is 0.00000264. The summed E-state index contributed by atoms with van der Waals surface area (Å²) in [5.74, 6) is 1.08. The number of halogens is 2. The van der Waals surface area contributed by atoms with Gasteiger partial charge in [0.2, 0.25) is 5.91 Å². The van der Waals surface area contributed by atoms with Crippen LogP contribution in [0.3, 0.4) is 0 Å². The predicted molar refractivity (Wildman–Crippen MR) is 102 cm³/mol. The van der Waals surface area contributed by atoms with Gasteiger partial charge < -0.3 is 20.3 Å². The Kier molecular flexibility index (Phi) is 11.8. The molecule has 1 saturated heterocycles. The molecule has 0 radical (unpaired) electrons. The van der Waals surface area contributed by atoms with Gasteiger partial charge in [0.1, 0.15) is 12.4 Å². The third-order valence-corrected chi connectivity index (χ3v) is 3.89. The molecule has 1 aromatic carbocycles. The van der Waals surface area contributed by atoms with E-state index in [0.717, 1.165) is 43.8 Å². The lowest BCUT2D eigenvalue weighted by molar-refractivity contribution is -0.125. The lowest BCUT2D eigenvalue weighted by Gasteiger charge is -2.22. The van der Waals surface area contributed by atoms with E-state index in [1.54, 1.807) is 0 Å². The molecule has 1 atom stereocenters. The molecule has 0 spiro atoms. The number of nitrogens with zero attached hydrogens (tertiary/aromatic N) is 1. The van der Waals surface area contributed by atoms with Crippen molar-refractivity contribution in [3.05, 3.63) is 29.8 Å². The van der Waals surface area contributed by atoms with Gasteiger partial charge in [0, 0.05) is 25.2 Å². The van der Waals surface area contributed by atoms with Gasteiger partial charge in [-0.15, -0.1) is 24.8 Å². The number of likely N-dealkylation sites (N-methyl/N-ethyl adjacent to an activating group) is 1. The largest absolute Gasteiger partial charge is 0.492 e. The Hall–Kier alpha value is -1.01. The fourth-order valence-corrected chi connectivity index (χ4v) is 2.53. The molecule has 0 aromatic heterocycles. The smallest absolute Gasteiger partial charge is 0.224 e. The first-order chi connectivity index (χ1) is 10.7. The minimum absolute atomic E-state index is 0. The number of ether oxygens (including phenoxy) is 1. The zero-order valence-electron chi connectivity index (χ0n) is 14.4. The fourth-order valence-electron chi connectivity index (χ4n) is 2.53. The quantitative estimate of drug-likeness (QED) is 0.763. The molecule has 5 nitrogen and oxygen atoms in total. The lowest BCUT2D eigenvalue weighted by Crippen LogP contribution is -2.40. The monoisotopic (exact) mass is 377 g/mol. The van der Waals surface area contributed by atoms with E-state index in [1.807, 2.05) is 38.4 Å². The molecule has 0 aliphatic carbocycles. The Morgan fingerprint density at radius 2 is 2.08 bits per heavy atom. The van der Waals surface area contributed by atoms with E-state index >= 15 is 0 Å². The summed E-state index contributed by atoms with van der Waals surface area (Å²) in [7, 11) is 4.04. The van der Waals surface area contributed by atoms with Gasteiger partial charge in [0.25, 0.3) is 0 Å². The number of carbonyl (C=O) groups excluding carboxylic acids is 1. The van der Waals surface area contributed by atoms with E-state index < -0.39 is 0 Å². The molecule has 1 unspecified atom stereocenters. The van der Waals surface area contributed by atoms with Crippen LogP contribution >= 0.6 is 24.8 Å². The third kappa shape index (κ3) is 7.71. The van der Waals surface area contributed by atoms with Gasteiger partial charge in [0.15, 0.2) is 0 Å². The van der Waals surface area contributed by atoms with Crippen molar-refractivity contribution in [2.75, 3.05) is 40.3 Å². The highest BCUT2D eigenvalue weighted by Gasteiger charge is 2.20. The zero-order chi connectivity index (χ0) is 15.8. The number of piperidine rings is 1. The standard InChI is InChI=1S/C17H27N3O2.2ClH/c1-20(2)10-11-22-16-8-4-3-6-14(16)13-19-17(21)15-7-5-9-18-12-15;;/h3-4,6,8,15,18H,5,7,9-13H2,1-2H3,(H,19,21);2*1H. The van der Waals surface area contributed by atoms with E-state index in [1.165, 1.54) is 0 Å². The van der Waals surface area contributed by atoms with Crippen molar-refractivity contribution in [3.8, 4) is 5.75 Å². The van der Waals surface area contributed by atoms with Gasteiger partial charge in [0.05, 0.1) is 5.92 Å². The summed E-state index contributed by atoms with van der Waals surface area (Å²) in [4.78, 5) is 14.3.